The fourth-order valence-electron chi connectivity index (χ4n) is 4.23. The number of amides is 1. The Bertz CT molecular complexity index is 582. The minimum Gasteiger partial charge on any atom is -0.381 e. The van der Waals surface area contributed by atoms with Gasteiger partial charge in [-0.15, -0.1) is 0 Å². The van der Waals surface area contributed by atoms with Gasteiger partial charge >= 0.3 is 0 Å². The number of carbonyl (C=O) groups is 1. The van der Waals surface area contributed by atoms with E-state index in [-0.39, 0.29) is 11.3 Å². The van der Waals surface area contributed by atoms with E-state index in [9.17, 15) is 4.79 Å². The summed E-state index contributed by atoms with van der Waals surface area (Å²) < 4.78 is 5.35. The number of nitrogens with one attached hydrogen (secondary N) is 1. The summed E-state index contributed by atoms with van der Waals surface area (Å²) in [5.74, 6) is 0.528. The van der Waals surface area contributed by atoms with Gasteiger partial charge in [-0.3, -0.25) is 4.79 Å². The summed E-state index contributed by atoms with van der Waals surface area (Å²) in [6.07, 6.45) is 5.93. The maximum absolute atomic E-state index is 12.7. The summed E-state index contributed by atoms with van der Waals surface area (Å²) in [5, 5.41) is 3.19. The number of rotatable bonds is 5. The van der Waals surface area contributed by atoms with Crippen LogP contribution in [0.25, 0.3) is 0 Å². The first-order chi connectivity index (χ1) is 12.0. The third-order valence-electron chi connectivity index (χ3n) is 6.17. The highest BCUT2D eigenvalue weighted by molar-refractivity contribution is 5.86. The van der Waals surface area contributed by atoms with Crippen LogP contribution in [0.4, 0.5) is 0 Å². The second-order valence-electron chi connectivity index (χ2n) is 8.22. The standard InChI is InChI=1S/C21H32N2O2/c1-16(2)17-5-7-18(8-6-17)20(9-3-4-10-20)15-23-19(24)21(22)11-13-25-14-12-21/h5-8,16H,3-4,9-15,22H2,1-2H3,(H,23,24). The Balaban J connectivity index is 1.71. The minimum atomic E-state index is -0.764. The van der Waals surface area contributed by atoms with Crippen LogP contribution in [0, 0.1) is 0 Å². The van der Waals surface area contributed by atoms with Crippen LogP contribution in [0.1, 0.15) is 69.4 Å². The highest BCUT2D eigenvalue weighted by Crippen LogP contribution is 2.41. The van der Waals surface area contributed by atoms with Gasteiger partial charge in [0.25, 0.3) is 0 Å². The van der Waals surface area contributed by atoms with E-state index in [0.717, 1.165) is 12.8 Å². The molecule has 138 valence electrons. The third kappa shape index (κ3) is 3.90. The van der Waals surface area contributed by atoms with Crippen LogP contribution in [0.15, 0.2) is 24.3 Å². The van der Waals surface area contributed by atoms with Crippen LogP contribution in [-0.2, 0) is 14.9 Å². The highest BCUT2D eigenvalue weighted by Gasteiger charge is 2.40. The molecule has 1 amide bonds. The molecule has 0 atom stereocenters. The summed E-state index contributed by atoms with van der Waals surface area (Å²) in [6, 6.07) is 9.01. The predicted octanol–water partition coefficient (Wildman–Crippen LogP) is 3.25. The van der Waals surface area contributed by atoms with Crippen molar-refractivity contribution in [3.8, 4) is 0 Å². The van der Waals surface area contributed by atoms with Gasteiger partial charge < -0.3 is 15.8 Å². The molecule has 3 rings (SSSR count). The molecule has 1 aliphatic carbocycles. The minimum absolute atomic E-state index is 0.0131. The van der Waals surface area contributed by atoms with Gasteiger partial charge in [-0.25, -0.2) is 0 Å². The van der Waals surface area contributed by atoms with Crippen LogP contribution in [0.2, 0.25) is 0 Å². The van der Waals surface area contributed by atoms with E-state index in [1.54, 1.807) is 0 Å². The van der Waals surface area contributed by atoms with E-state index in [2.05, 4.69) is 43.4 Å². The maximum atomic E-state index is 12.7. The average molecular weight is 344 g/mol. The van der Waals surface area contributed by atoms with E-state index in [0.29, 0.717) is 38.5 Å². The van der Waals surface area contributed by atoms with Crippen molar-refractivity contribution in [2.75, 3.05) is 19.8 Å². The highest BCUT2D eigenvalue weighted by atomic mass is 16.5. The van der Waals surface area contributed by atoms with Gasteiger partial charge in [0, 0.05) is 25.2 Å². The molecule has 2 aliphatic rings. The molecule has 3 N–H and O–H groups in total. The number of hydrogen-bond acceptors (Lipinski definition) is 3. The SMILES string of the molecule is CC(C)c1ccc(C2(CNC(=O)C3(N)CCOCC3)CCCC2)cc1. The van der Waals surface area contributed by atoms with Gasteiger partial charge in [0.05, 0.1) is 5.54 Å². The van der Waals surface area contributed by atoms with E-state index in [1.165, 1.54) is 24.0 Å². The van der Waals surface area contributed by atoms with Gasteiger partial charge in [0.15, 0.2) is 0 Å². The molecule has 0 aromatic heterocycles. The van der Waals surface area contributed by atoms with E-state index < -0.39 is 5.54 Å². The van der Waals surface area contributed by atoms with Crippen molar-refractivity contribution in [2.45, 2.75) is 69.2 Å². The van der Waals surface area contributed by atoms with E-state index in [1.807, 2.05) is 0 Å². The zero-order valence-electron chi connectivity index (χ0n) is 15.6. The van der Waals surface area contributed by atoms with Crippen LogP contribution in [0.5, 0.6) is 0 Å². The Morgan fingerprint density at radius 3 is 2.28 bits per heavy atom. The molecular weight excluding hydrogens is 312 g/mol. The average Bonchev–Trinajstić information content (AvgIpc) is 3.10. The molecule has 1 heterocycles. The molecule has 25 heavy (non-hydrogen) atoms. The Morgan fingerprint density at radius 1 is 1.12 bits per heavy atom. The Hall–Kier alpha value is -1.39. The molecule has 1 saturated carbocycles. The van der Waals surface area contributed by atoms with Crippen molar-refractivity contribution >= 4 is 5.91 Å². The van der Waals surface area contributed by atoms with Crippen LogP contribution < -0.4 is 11.1 Å². The summed E-state index contributed by atoms with van der Waals surface area (Å²) in [4.78, 5) is 12.7. The van der Waals surface area contributed by atoms with Crippen molar-refractivity contribution in [3.63, 3.8) is 0 Å². The molecule has 4 heteroatoms. The Labute approximate surface area is 151 Å². The van der Waals surface area contributed by atoms with Crippen molar-refractivity contribution in [3.05, 3.63) is 35.4 Å². The van der Waals surface area contributed by atoms with Crippen molar-refractivity contribution in [1.29, 1.82) is 0 Å². The lowest BCUT2D eigenvalue weighted by Crippen LogP contribution is -2.58. The Morgan fingerprint density at radius 2 is 1.72 bits per heavy atom. The fourth-order valence-corrected chi connectivity index (χ4v) is 4.23. The molecular formula is C21H32N2O2. The Kier molecular flexibility index (Phi) is 5.49. The molecule has 1 aromatic rings. The first-order valence-corrected chi connectivity index (χ1v) is 9.71. The van der Waals surface area contributed by atoms with Crippen molar-refractivity contribution < 1.29 is 9.53 Å². The lowest BCUT2D eigenvalue weighted by molar-refractivity contribution is -0.130. The first-order valence-electron chi connectivity index (χ1n) is 9.71. The van der Waals surface area contributed by atoms with Crippen molar-refractivity contribution in [2.24, 2.45) is 5.73 Å². The predicted molar refractivity (Wildman–Crippen MR) is 101 cm³/mol. The molecule has 0 spiro atoms. The lowest BCUT2D eigenvalue weighted by Gasteiger charge is -2.35. The summed E-state index contributed by atoms with van der Waals surface area (Å²) in [5.41, 5.74) is 8.35. The van der Waals surface area contributed by atoms with Gasteiger partial charge in [0.2, 0.25) is 5.91 Å². The lowest BCUT2D eigenvalue weighted by atomic mass is 9.78. The molecule has 2 fully saturated rings. The second-order valence-corrected chi connectivity index (χ2v) is 8.22. The number of ether oxygens (including phenoxy) is 1. The number of hydrogen-bond donors (Lipinski definition) is 2. The normalized spacial score (nSPS) is 22.1. The molecule has 1 aliphatic heterocycles. The van der Waals surface area contributed by atoms with Gasteiger partial charge in [-0.1, -0.05) is 51.0 Å². The zero-order chi connectivity index (χ0) is 17.9. The second kappa shape index (κ2) is 7.46. The van der Waals surface area contributed by atoms with Crippen LogP contribution >= 0.6 is 0 Å². The monoisotopic (exact) mass is 344 g/mol. The van der Waals surface area contributed by atoms with E-state index >= 15 is 0 Å². The maximum Gasteiger partial charge on any atom is 0.240 e. The fraction of sp³-hybridized carbons (Fsp3) is 0.667. The van der Waals surface area contributed by atoms with Crippen molar-refractivity contribution in [1.82, 2.24) is 5.32 Å². The quantitative estimate of drug-likeness (QED) is 0.862. The molecule has 0 unspecified atom stereocenters. The molecule has 1 aromatic carbocycles. The van der Waals surface area contributed by atoms with Gasteiger partial charge in [0.1, 0.15) is 0 Å². The third-order valence-corrected chi connectivity index (χ3v) is 6.17. The van der Waals surface area contributed by atoms with Crippen LogP contribution in [-0.4, -0.2) is 31.2 Å². The number of nitrogens with two attached hydrogens (primary N) is 1. The molecule has 0 radical (unpaired) electrons. The topological polar surface area (TPSA) is 64.4 Å². The van der Waals surface area contributed by atoms with E-state index in [4.69, 9.17) is 10.5 Å². The zero-order valence-corrected chi connectivity index (χ0v) is 15.6. The van der Waals surface area contributed by atoms with Gasteiger partial charge in [-0.2, -0.15) is 0 Å². The molecule has 0 bridgehead atoms. The summed E-state index contributed by atoms with van der Waals surface area (Å²) in [7, 11) is 0. The molecule has 4 nitrogen and oxygen atoms in total. The smallest absolute Gasteiger partial charge is 0.240 e. The molecule has 1 saturated heterocycles. The van der Waals surface area contributed by atoms with Gasteiger partial charge in [-0.05, 0) is 42.7 Å². The first kappa shape index (κ1) is 18.4. The summed E-state index contributed by atoms with van der Waals surface area (Å²) in [6.45, 7) is 6.27. The van der Waals surface area contributed by atoms with Crippen LogP contribution in [0.3, 0.4) is 0 Å². The number of carbonyl (C=O) groups excluding carboxylic acids is 1. The summed E-state index contributed by atoms with van der Waals surface area (Å²) >= 11 is 0. The largest absolute Gasteiger partial charge is 0.381 e. The number of benzene rings is 1.